The van der Waals surface area contributed by atoms with Gasteiger partial charge in [-0.3, -0.25) is 0 Å². The smallest absolute Gasteiger partial charge is 0.350 e. The molecule has 1 atom stereocenters. The highest BCUT2D eigenvalue weighted by Gasteiger charge is 2.37. The lowest BCUT2D eigenvalue weighted by atomic mass is 9.96. The maximum atomic E-state index is 12.5. The molecule has 0 aliphatic rings. The minimum absolute atomic E-state index is 0.310. The number of carbonyl (C=O) groups excluding carboxylic acids is 1. The second kappa shape index (κ2) is 8.39. The van der Waals surface area contributed by atoms with Crippen molar-refractivity contribution in [2.24, 2.45) is 0 Å². The highest BCUT2D eigenvalue weighted by molar-refractivity contribution is 6.30. The molecule has 0 amide bonds. The van der Waals surface area contributed by atoms with E-state index in [9.17, 15) is 4.79 Å². The highest BCUT2D eigenvalue weighted by atomic mass is 35.5. The Kier molecular flexibility index (Phi) is 6.49. The molecule has 0 bridgehead atoms. The van der Waals surface area contributed by atoms with Gasteiger partial charge in [0.25, 0.3) is 0 Å². The lowest BCUT2D eigenvalue weighted by Crippen LogP contribution is -2.45. The Hall–Kier alpha value is -2.00. The quantitative estimate of drug-likeness (QED) is 0.619. The van der Waals surface area contributed by atoms with E-state index in [0.29, 0.717) is 29.7 Å². The number of hydrogen-bond acceptors (Lipinski definition) is 3. The van der Waals surface area contributed by atoms with Crippen LogP contribution in [0.1, 0.15) is 44.7 Å². The number of carbonyl (C=O) groups is 1. The van der Waals surface area contributed by atoms with Crippen molar-refractivity contribution in [3.05, 3.63) is 64.7 Å². The van der Waals surface area contributed by atoms with Crippen LogP contribution < -0.4 is 4.74 Å². The van der Waals surface area contributed by atoms with E-state index in [1.165, 1.54) is 5.56 Å². The van der Waals surface area contributed by atoms with Crippen LogP contribution in [0.2, 0.25) is 5.02 Å². The normalized spacial score (nSPS) is 13.4. The van der Waals surface area contributed by atoms with Gasteiger partial charge in [-0.1, -0.05) is 49.7 Å². The molecule has 2 aromatic rings. The Morgan fingerprint density at radius 1 is 1.08 bits per heavy atom. The maximum absolute atomic E-state index is 12.5. The maximum Gasteiger partial charge on any atom is 0.350 e. The molecule has 0 aliphatic carbocycles. The zero-order valence-corrected chi connectivity index (χ0v) is 16.0. The van der Waals surface area contributed by atoms with Crippen LogP contribution in [0.4, 0.5) is 0 Å². The number of benzene rings is 2. The zero-order chi connectivity index (χ0) is 18.4. The molecule has 25 heavy (non-hydrogen) atoms. The molecular weight excluding hydrogens is 336 g/mol. The van der Waals surface area contributed by atoms with E-state index in [2.05, 4.69) is 13.8 Å². The van der Waals surface area contributed by atoms with Gasteiger partial charge in [-0.25, -0.2) is 4.79 Å². The summed E-state index contributed by atoms with van der Waals surface area (Å²) in [6.45, 7) is 8.14. The molecule has 1 unspecified atom stereocenters. The summed E-state index contributed by atoms with van der Waals surface area (Å²) in [6.07, 6.45) is 0.398. The first-order valence-electron chi connectivity index (χ1n) is 8.54. The van der Waals surface area contributed by atoms with Crippen LogP contribution in [0, 0.1) is 0 Å². The number of halogens is 1. The molecule has 2 aromatic carbocycles. The average molecular weight is 361 g/mol. The van der Waals surface area contributed by atoms with Gasteiger partial charge in [0.1, 0.15) is 5.75 Å². The lowest BCUT2D eigenvalue weighted by Gasteiger charge is -2.28. The van der Waals surface area contributed by atoms with Crippen LogP contribution in [0.25, 0.3) is 0 Å². The summed E-state index contributed by atoms with van der Waals surface area (Å²) in [5, 5.41) is 0.659. The molecule has 0 spiro atoms. The van der Waals surface area contributed by atoms with E-state index in [1.54, 1.807) is 26.0 Å². The van der Waals surface area contributed by atoms with Crippen molar-refractivity contribution >= 4 is 17.6 Å². The number of ether oxygens (including phenoxy) is 2. The predicted molar refractivity (Wildman–Crippen MR) is 101 cm³/mol. The van der Waals surface area contributed by atoms with Crippen molar-refractivity contribution in [1.82, 2.24) is 0 Å². The molecule has 0 aromatic heterocycles. The molecule has 4 heteroatoms. The Bertz CT molecular complexity index is 692. The minimum Gasteiger partial charge on any atom is -0.476 e. The molecule has 0 aliphatic heterocycles. The Labute approximate surface area is 154 Å². The van der Waals surface area contributed by atoms with E-state index in [0.717, 1.165) is 5.56 Å². The van der Waals surface area contributed by atoms with Gasteiger partial charge in [0.15, 0.2) is 0 Å². The van der Waals surface area contributed by atoms with E-state index < -0.39 is 5.60 Å². The largest absolute Gasteiger partial charge is 0.476 e. The summed E-state index contributed by atoms with van der Waals surface area (Å²) < 4.78 is 11.3. The molecule has 0 fully saturated rings. The van der Waals surface area contributed by atoms with Gasteiger partial charge in [0.2, 0.25) is 5.60 Å². The van der Waals surface area contributed by atoms with Crippen molar-refractivity contribution in [3.8, 4) is 5.75 Å². The molecule has 0 N–H and O–H groups in total. The van der Waals surface area contributed by atoms with Crippen molar-refractivity contribution in [2.75, 3.05) is 6.61 Å². The molecule has 0 radical (unpaired) electrons. The number of esters is 1. The molecular formula is C21H25ClO3. The first kappa shape index (κ1) is 19.3. The molecule has 0 saturated carbocycles. The van der Waals surface area contributed by atoms with Crippen LogP contribution in [-0.4, -0.2) is 18.2 Å². The zero-order valence-electron chi connectivity index (χ0n) is 15.2. The standard InChI is InChI=1S/C21H25ClO3/c1-5-24-20(23)21(4,14-16-6-10-18(22)11-7-16)25-19-12-8-17(9-13-19)15(2)3/h6-13,15H,5,14H2,1-4H3. The fraction of sp³-hybridized carbons (Fsp3) is 0.381. The molecule has 0 heterocycles. The summed E-state index contributed by atoms with van der Waals surface area (Å²) in [5.74, 6) is 0.714. The molecule has 3 nitrogen and oxygen atoms in total. The van der Waals surface area contributed by atoms with Crippen LogP contribution in [0.3, 0.4) is 0 Å². The molecule has 0 saturated heterocycles. The topological polar surface area (TPSA) is 35.5 Å². The van der Waals surface area contributed by atoms with Gasteiger partial charge >= 0.3 is 5.97 Å². The summed E-state index contributed by atoms with van der Waals surface area (Å²) in [7, 11) is 0. The number of hydrogen-bond donors (Lipinski definition) is 0. The summed E-state index contributed by atoms with van der Waals surface area (Å²) in [4.78, 5) is 12.5. The molecule has 134 valence electrons. The van der Waals surface area contributed by atoms with E-state index in [1.807, 2.05) is 36.4 Å². The summed E-state index contributed by atoms with van der Waals surface area (Å²) >= 11 is 5.94. The predicted octanol–water partition coefficient (Wildman–Crippen LogP) is 5.41. The van der Waals surface area contributed by atoms with Gasteiger partial charge in [-0.2, -0.15) is 0 Å². The van der Waals surface area contributed by atoms with Crippen LogP contribution >= 0.6 is 11.6 Å². The van der Waals surface area contributed by atoms with E-state index in [4.69, 9.17) is 21.1 Å². The Morgan fingerprint density at radius 3 is 2.20 bits per heavy atom. The summed E-state index contributed by atoms with van der Waals surface area (Å²) in [5.41, 5.74) is 1.07. The average Bonchev–Trinajstić information content (AvgIpc) is 2.57. The minimum atomic E-state index is -1.11. The fourth-order valence-electron chi connectivity index (χ4n) is 2.61. The van der Waals surface area contributed by atoms with Gasteiger partial charge in [-0.05, 0) is 55.2 Å². The SMILES string of the molecule is CCOC(=O)C(C)(Cc1ccc(Cl)cc1)Oc1ccc(C(C)C)cc1. The third-order valence-corrected chi connectivity index (χ3v) is 4.30. The van der Waals surface area contributed by atoms with Crippen LogP contribution in [0.15, 0.2) is 48.5 Å². The fourth-order valence-corrected chi connectivity index (χ4v) is 2.73. The van der Waals surface area contributed by atoms with E-state index in [-0.39, 0.29) is 5.97 Å². The summed E-state index contributed by atoms with van der Waals surface area (Å²) in [6, 6.07) is 15.2. The Balaban J connectivity index is 2.24. The van der Waals surface area contributed by atoms with Gasteiger partial charge in [-0.15, -0.1) is 0 Å². The van der Waals surface area contributed by atoms with Crippen molar-refractivity contribution in [3.63, 3.8) is 0 Å². The van der Waals surface area contributed by atoms with Crippen LogP contribution in [-0.2, 0) is 16.0 Å². The van der Waals surface area contributed by atoms with Crippen molar-refractivity contribution < 1.29 is 14.3 Å². The molecule has 2 rings (SSSR count). The number of rotatable bonds is 7. The highest BCUT2D eigenvalue weighted by Crippen LogP contribution is 2.26. The van der Waals surface area contributed by atoms with Gasteiger partial charge in [0.05, 0.1) is 6.61 Å². The first-order chi connectivity index (χ1) is 11.8. The third-order valence-electron chi connectivity index (χ3n) is 4.05. The third kappa shape index (κ3) is 5.23. The van der Waals surface area contributed by atoms with Gasteiger partial charge in [0, 0.05) is 11.4 Å². The lowest BCUT2D eigenvalue weighted by molar-refractivity contribution is -0.160. The van der Waals surface area contributed by atoms with E-state index >= 15 is 0 Å². The monoisotopic (exact) mass is 360 g/mol. The van der Waals surface area contributed by atoms with Crippen LogP contribution in [0.5, 0.6) is 5.75 Å². The second-order valence-corrected chi connectivity index (χ2v) is 7.02. The van der Waals surface area contributed by atoms with Crippen molar-refractivity contribution in [1.29, 1.82) is 0 Å². The Morgan fingerprint density at radius 2 is 1.68 bits per heavy atom. The second-order valence-electron chi connectivity index (χ2n) is 6.58. The van der Waals surface area contributed by atoms with Crippen molar-refractivity contribution in [2.45, 2.75) is 45.6 Å². The van der Waals surface area contributed by atoms with Gasteiger partial charge < -0.3 is 9.47 Å². The first-order valence-corrected chi connectivity index (χ1v) is 8.92.